The summed E-state index contributed by atoms with van der Waals surface area (Å²) in [5, 5.41) is 13.1. The van der Waals surface area contributed by atoms with Gasteiger partial charge in [0.15, 0.2) is 17.4 Å². The second-order valence-corrected chi connectivity index (χ2v) is 6.95. The number of rotatable bonds is 7. The predicted molar refractivity (Wildman–Crippen MR) is 105 cm³/mol. The van der Waals surface area contributed by atoms with Gasteiger partial charge in [-0.15, -0.1) is 11.3 Å². The van der Waals surface area contributed by atoms with E-state index in [-0.39, 0.29) is 29.7 Å². The molecule has 0 aliphatic heterocycles. The van der Waals surface area contributed by atoms with E-state index in [0.29, 0.717) is 5.69 Å². The highest BCUT2D eigenvalue weighted by Gasteiger charge is 2.20. The first-order valence-electron chi connectivity index (χ1n) is 8.46. The van der Waals surface area contributed by atoms with Gasteiger partial charge in [-0.25, -0.2) is 9.78 Å². The van der Waals surface area contributed by atoms with Crippen molar-refractivity contribution in [1.82, 2.24) is 4.98 Å². The number of aryl methyl sites for hydroxylation is 2. The second kappa shape index (κ2) is 9.62. The van der Waals surface area contributed by atoms with Crippen LogP contribution in [0.25, 0.3) is 0 Å². The first kappa shape index (κ1) is 21.1. The number of amides is 2. The Bertz CT molecular complexity index is 912. The molecule has 1 aromatic carbocycles. The molecule has 28 heavy (non-hydrogen) atoms. The summed E-state index contributed by atoms with van der Waals surface area (Å²) in [4.78, 5) is 41.1. The lowest BCUT2D eigenvalue weighted by Crippen LogP contribution is -2.35. The Hall–Kier alpha value is -3.25. The van der Waals surface area contributed by atoms with Crippen molar-refractivity contribution in [2.75, 3.05) is 23.4 Å². The largest absolute Gasteiger partial charge is 0.451 e. The molecular formula is C19H20N4O4S. The Morgan fingerprint density at radius 3 is 2.54 bits per heavy atom. The lowest BCUT2D eigenvalue weighted by Gasteiger charge is -2.22. The van der Waals surface area contributed by atoms with Gasteiger partial charge in [-0.05, 0) is 37.1 Å². The summed E-state index contributed by atoms with van der Waals surface area (Å²) in [5.41, 5.74) is 2.62. The van der Waals surface area contributed by atoms with Crippen LogP contribution in [0.1, 0.15) is 35.0 Å². The van der Waals surface area contributed by atoms with Gasteiger partial charge in [0.25, 0.3) is 5.91 Å². The third-order valence-corrected chi connectivity index (χ3v) is 4.35. The summed E-state index contributed by atoms with van der Waals surface area (Å²) >= 11 is 1.08. The molecule has 0 bridgehead atoms. The standard InChI is InChI=1S/C19H20N4O4S/c1-12-7-13(2)9-15(8-12)23(6-4-5-20)17(25)10-27-18(26)16-11-28-19(22-16)21-14(3)24/h7-9,11H,4,6,10H2,1-3H3,(H,21,22,24). The first-order chi connectivity index (χ1) is 13.3. The summed E-state index contributed by atoms with van der Waals surface area (Å²) in [7, 11) is 0. The van der Waals surface area contributed by atoms with Crippen LogP contribution < -0.4 is 10.2 Å². The lowest BCUT2D eigenvalue weighted by atomic mass is 10.1. The van der Waals surface area contributed by atoms with Crippen molar-refractivity contribution in [2.24, 2.45) is 0 Å². The number of nitriles is 1. The Labute approximate surface area is 166 Å². The van der Waals surface area contributed by atoms with Crippen molar-refractivity contribution >= 4 is 39.9 Å². The zero-order chi connectivity index (χ0) is 20.7. The third-order valence-electron chi connectivity index (χ3n) is 3.59. The molecule has 1 heterocycles. The van der Waals surface area contributed by atoms with Crippen molar-refractivity contribution in [3.05, 3.63) is 40.4 Å². The van der Waals surface area contributed by atoms with Crippen LogP contribution in [0.15, 0.2) is 23.6 Å². The average Bonchev–Trinajstić information content (AvgIpc) is 3.07. The molecule has 8 nitrogen and oxygen atoms in total. The van der Waals surface area contributed by atoms with E-state index in [1.165, 1.54) is 17.2 Å². The number of benzene rings is 1. The fraction of sp³-hybridized carbons (Fsp3) is 0.316. The number of ether oxygens (including phenoxy) is 1. The van der Waals surface area contributed by atoms with Crippen LogP contribution in [-0.2, 0) is 14.3 Å². The summed E-state index contributed by atoms with van der Waals surface area (Å²) < 4.78 is 5.07. The van der Waals surface area contributed by atoms with E-state index in [2.05, 4.69) is 10.3 Å². The average molecular weight is 400 g/mol. The number of carbonyl (C=O) groups is 3. The van der Waals surface area contributed by atoms with E-state index in [0.717, 1.165) is 22.5 Å². The minimum Gasteiger partial charge on any atom is -0.451 e. The minimum atomic E-state index is -0.762. The van der Waals surface area contributed by atoms with Crippen LogP contribution in [0, 0.1) is 25.2 Å². The van der Waals surface area contributed by atoms with E-state index in [1.807, 2.05) is 38.1 Å². The van der Waals surface area contributed by atoms with Crippen molar-refractivity contribution < 1.29 is 19.1 Å². The van der Waals surface area contributed by atoms with E-state index < -0.39 is 18.5 Å². The van der Waals surface area contributed by atoms with Gasteiger partial charge < -0.3 is 15.0 Å². The zero-order valence-electron chi connectivity index (χ0n) is 15.8. The molecule has 2 aromatic rings. The maximum atomic E-state index is 12.6. The Kier molecular flexibility index (Phi) is 7.23. The highest BCUT2D eigenvalue weighted by Crippen LogP contribution is 2.20. The zero-order valence-corrected chi connectivity index (χ0v) is 16.6. The molecule has 0 saturated heterocycles. The number of esters is 1. The Morgan fingerprint density at radius 1 is 1.25 bits per heavy atom. The van der Waals surface area contributed by atoms with Gasteiger partial charge in [0.05, 0.1) is 12.5 Å². The molecule has 0 spiro atoms. The lowest BCUT2D eigenvalue weighted by molar-refractivity contribution is -0.121. The van der Waals surface area contributed by atoms with Gasteiger partial charge in [0.1, 0.15) is 0 Å². The fourth-order valence-corrected chi connectivity index (χ4v) is 3.25. The number of anilines is 2. The van der Waals surface area contributed by atoms with Gasteiger partial charge in [0, 0.05) is 24.5 Å². The number of hydrogen-bond donors (Lipinski definition) is 1. The molecule has 0 atom stereocenters. The molecule has 0 radical (unpaired) electrons. The number of nitrogens with zero attached hydrogens (tertiary/aromatic N) is 3. The van der Waals surface area contributed by atoms with Crippen LogP contribution in [-0.4, -0.2) is 35.9 Å². The highest BCUT2D eigenvalue weighted by molar-refractivity contribution is 7.14. The number of aromatic nitrogens is 1. The van der Waals surface area contributed by atoms with E-state index >= 15 is 0 Å². The SMILES string of the molecule is CC(=O)Nc1nc(C(=O)OCC(=O)N(CCC#N)c2cc(C)cc(C)c2)cs1. The molecule has 0 fully saturated rings. The van der Waals surface area contributed by atoms with Gasteiger partial charge in [-0.2, -0.15) is 5.26 Å². The third kappa shape index (κ3) is 5.89. The smallest absolute Gasteiger partial charge is 0.358 e. The van der Waals surface area contributed by atoms with Gasteiger partial charge in [-0.3, -0.25) is 9.59 Å². The Morgan fingerprint density at radius 2 is 1.93 bits per heavy atom. The second-order valence-electron chi connectivity index (χ2n) is 6.09. The van der Waals surface area contributed by atoms with Crippen LogP contribution in [0.2, 0.25) is 0 Å². The maximum absolute atomic E-state index is 12.6. The highest BCUT2D eigenvalue weighted by atomic mass is 32.1. The molecule has 2 rings (SSSR count). The fourth-order valence-electron chi connectivity index (χ4n) is 2.52. The topological polar surface area (TPSA) is 112 Å². The molecule has 0 aliphatic rings. The van der Waals surface area contributed by atoms with Crippen LogP contribution in [0.3, 0.4) is 0 Å². The molecule has 0 saturated carbocycles. The van der Waals surface area contributed by atoms with Crippen LogP contribution in [0.5, 0.6) is 0 Å². The van der Waals surface area contributed by atoms with Gasteiger partial charge >= 0.3 is 5.97 Å². The quantitative estimate of drug-likeness (QED) is 0.715. The molecular weight excluding hydrogens is 380 g/mol. The summed E-state index contributed by atoms with van der Waals surface area (Å²) in [6, 6.07) is 7.67. The molecule has 0 unspecified atom stereocenters. The number of hydrogen-bond acceptors (Lipinski definition) is 7. The molecule has 1 aromatic heterocycles. The Balaban J connectivity index is 2.06. The normalized spacial score (nSPS) is 10.1. The van der Waals surface area contributed by atoms with Crippen molar-refractivity contribution in [3.8, 4) is 6.07 Å². The van der Waals surface area contributed by atoms with Crippen molar-refractivity contribution in [2.45, 2.75) is 27.2 Å². The minimum absolute atomic E-state index is 0.0107. The van der Waals surface area contributed by atoms with Crippen molar-refractivity contribution in [3.63, 3.8) is 0 Å². The van der Waals surface area contributed by atoms with E-state index in [9.17, 15) is 14.4 Å². The molecule has 9 heteroatoms. The van der Waals surface area contributed by atoms with E-state index in [1.54, 1.807) is 0 Å². The van der Waals surface area contributed by atoms with Crippen molar-refractivity contribution in [1.29, 1.82) is 5.26 Å². The molecule has 2 amide bonds. The predicted octanol–water partition coefficient (Wildman–Crippen LogP) is 2.82. The monoisotopic (exact) mass is 400 g/mol. The van der Waals surface area contributed by atoms with Crippen LogP contribution >= 0.6 is 11.3 Å². The summed E-state index contributed by atoms with van der Waals surface area (Å²) in [6.07, 6.45) is 0.152. The summed E-state index contributed by atoms with van der Waals surface area (Å²) in [5.74, 6) is -1.50. The molecule has 1 N–H and O–H groups in total. The number of carbonyl (C=O) groups excluding carboxylic acids is 3. The van der Waals surface area contributed by atoms with E-state index in [4.69, 9.17) is 10.00 Å². The first-order valence-corrected chi connectivity index (χ1v) is 9.34. The molecule has 0 aliphatic carbocycles. The maximum Gasteiger partial charge on any atom is 0.358 e. The van der Waals surface area contributed by atoms with Crippen LogP contribution in [0.4, 0.5) is 10.8 Å². The molecule has 146 valence electrons. The van der Waals surface area contributed by atoms with Gasteiger partial charge in [0.2, 0.25) is 5.91 Å². The number of nitrogens with one attached hydrogen (secondary N) is 1. The number of thiazole rings is 1. The van der Waals surface area contributed by atoms with Gasteiger partial charge in [-0.1, -0.05) is 6.07 Å². The summed E-state index contributed by atoms with van der Waals surface area (Å²) in [6.45, 7) is 4.88.